The van der Waals surface area contributed by atoms with E-state index in [1.165, 1.54) is 0 Å². The number of hydrogen-bond donors (Lipinski definition) is 2. The molecule has 156 valence electrons. The summed E-state index contributed by atoms with van der Waals surface area (Å²) in [5, 5.41) is 6.55. The molecule has 0 saturated carbocycles. The van der Waals surface area contributed by atoms with Gasteiger partial charge in [-0.15, -0.1) is 0 Å². The monoisotopic (exact) mass is 442 g/mol. The number of unbranched alkanes of at least 4 members (excludes halogenated alkanes) is 1. The van der Waals surface area contributed by atoms with Crippen LogP contribution in [0.25, 0.3) is 11.3 Å². The molecule has 0 unspecified atom stereocenters. The third-order valence-corrected chi connectivity index (χ3v) is 4.80. The normalized spacial score (nSPS) is 10.5. The highest BCUT2D eigenvalue weighted by Crippen LogP contribution is 2.23. The fourth-order valence-corrected chi connectivity index (χ4v) is 2.98. The van der Waals surface area contributed by atoms with E-state index in [1.54, 1.807) is 18.2 Å². The minimum atomic E-state index is -0.297. The topological polar surface area (TPSA) is 63.5 Å². The van der Waals surface area contributed by atoms with Crippen LogP contribution in [-0.4, -0.2) is 17.6 Å². The van der Waals surface area contributed by atoms with Crippen molar-refractivity contribution in [3.05, 3.63) is 77.0 Å². The van der Waals surface area contributed by atoms with E-state index in [1.807, 2.05) is 42.5 Å². The number of carbonyl (C=O) groups is 1. The molecule has 0 saturated heterocycles. The Morgan fingerprint density at radius 3 is 2.70 bits per heavy atom. The summed E-state index contributed by atoms with van der Waals surface area (Å²) < 4.78 is 11.5. The molecule has 5 nitrogen and oxygen atoms in total. The number of amides is 1. The minimum absolute atomic E-state index is 0.224. The molecule has 3 rings (SSSR count). The fraction of sp³-hybridized carbons (Fsp3) is 0.217. The summed E-state index contributed by atoms with van der Waals surface area (Å²) in [6.45, 7) is 3.08. The second kappa shape index (κ2) is 10.8. The molecule has 0 radical (unpaired) electrons. The molecule has 2 aromatic carbocycles. The summed E-state index contributed by atoms with van der Waals surface area (Å²) in [6, 6.07) is 18.2. The second-order valence-corrected chi connectivity index (χ2v) is 7.48. The molecule has 0 aliphatic rings. The number of thiocarbonyl (C=S) groups is 1. The third-order valence-electron chi connectivity index (χ3n) is 4.30. The summed E-state index contributed by atoms with van der Waals surface area (Å²) in [4.78, 5) is 12.4. The third kappa shape index (κ3) is 6.34. The molecule has 1 heterocycles. The first-order chi connectivity index (χ1) is 14.5. The molecule has 7 heteroatoms. The molecule has 2 N–H and O–H groups in total. The van der Waals surface area contributed by atoms with Crippen LogP contribution >= 0.6 is 23.8 Å². The number of benzene rings is 2. The highest BCUT2D eigenvalue weighted by atomic mass is 35.5. The van der Waals surface area contributed by atoms with Crippen LogP contribution in [-0.2, 0) is 6.54 Å². The van der Waals surface area contributed by atoms with E-state index >= 15 is 0 Å². The van der Waals surface area contributed by atoms with E-state index in [9.17, 15) is 4.79 Å². The van der Waals surface area contributed by atoms with E-state index in [-0.39, 0.29) is 11.0 Å². The first-order valence-corrected chi connectivity index (χ1v) is 10.5. The molecule has 0 fully saturated rings. The largest absolute Gasteiger partial charge is 0.494 e. The van der Waals surface area contributed by atoms with Crippen molar-refractivity contribution in [1.29, 1.82) is 0 Å². The van der Waals surface area contributed by atoms with Gasteiger partial charge in [-0.05, 0) is 73.2 Å². The van der Waals surface area contributed by atoms with Crippen LogP contribution in [0.4, 0.5) is 0 Å². The Morgan fingerprint density at radius 2 is 1.93 bits per heavy atom. The van der Waals surface area contributed by atoms with Crippen molar-refractivity contribution in [3.63, 3.8) is 0 Å². The van der Waals surface area contributed by atoms with Gasteiger partial charge in [0.05, 0.1) is 13.2 Å². The Hall–Kier alpha value is -2.83. The standard InChI is InChI=1S/C23H23ClN2O3S/c1-2-3-13-28-19-6-4-5-17(14-19)22(27)26-23(30)25-15-20-11-12-21(29-20)16-7-9-18(24)10-8-16/h4-12,14H,2-3,13,15H2,1H3,(H2,25,26,27,30). The molecule has 0 spiro atoms. The van der Waals surface area contributed by atoms with Gasteiger partial charge in [0.25, 0.3) is 5.91 Å². The van der Waals surface area contributed by atoms with Gasteiger partial charge in [-0.2, -0.15) is 0 Å². The molecule has 0 atom stereocenters. The van der Waals surface area contributed by atoms with Gasteiger partial charge in [0, 0.05) is 16.1 Å². The summed E-state index contributed by atoms with van der Waals surface area (Å²) in [6.07, 6.45) is 2.02. The van der Waals surface area contributed by atoms with Crippen molar-refractivity contribution in [1.82, 2.24) is 10.6 Å². The molecule has 0 aliphatic carbocycles. The number of rotatable bonds is 8. The van der Waals surface area contributed by atoms with Gasteiger partial charge in [-0.3, -0.25) is 10.1 Å². The smallest absolute Gasteiger partial charge is 0.257 e. The molecule has 1 amide bonds. The first kappa shape index (κ1) is 21.9. The van der Waals surface area contributed by atoms with Gasteiger partial charge in [-0.25, -0.2) is 0 Å². The molecule has 3 aromatic rings. The first-order valence-electron chi connectivity index (χ1n) is 9.72. The molecule has 30 heavy (non-hydrogen) atoms. The highest BCUT2D eigenvalue weighted by molar-refractivity contribution is 7.80. The van der Waals surface area contributed by atoms with Crippen LogP contribution in [0.15, 0.2) is 65.1 Å². The quantitative estimate of drug-likeness (QED) is 0.352. The van der Waals surface area contributed by atoms with Crippen LogP contribution in [0.3, 0.4) is 0 Å². The maximum absolute atomic E-state index is 12.4. The van der Waals surface area contributed by atoms with E-state index in [0.29, 0.717) is 35.2 Å². The lowest BCUT2D eigenvalue weighted by atomic mass is 10.2. The Kier molecular flexibility index (Phi) is 7.88. The van der Waals surface area contributed by atoms with Gasteiger partial charge >= 0.3 is 0 Å². The molecule has 1 aromatic heterocycles. The number of furan rings is 1. The Balaban J connectivity index is 1.50. The Morgan fingerprint density at radius 1 is 1.13 bits per heavy atom. The zero-order valence-corrected chi connectivity index (χ0v) is 18.2. The summed E-state index contributed by atoms with van der Waals surface area (Å²) in [7, 11) is 0. The predicted octanol–water partition coefficient (Wildman–Crippen LogP) is 5.58. The van der Waals surface area contributed by atoms with E-state index in [4.69, 9.17) is 33.0 Å². The van der Waals surface area contributed by atoms with Gasteiger partial charge in [-0.1, -0.05) is 31.0 Å². The van der Waals surface area contributed by atoms with Crippen molar-refractivity contribution < 1.29 is 13.9 Å². The SMILES string of the molecule is CCCCOc1cccc(C(=O)NC(=S)NCc2ccc(-c3ccc(Cl)cc3)o2)c1. The lowest BCUT2D eigenvalue weighted by Gasteiger charge is -2.10. The predicted molar refractivity (Wildman–Crippen MR) is 123 cm³/mol. The van der Waals surface area contributed by atoms with Crippen molar-refractivity contribution >= 4 is 34.8 Å². The summed E-state index contributed by atoms with van der Waals surface area (Å²) in [5.41, 5.74) is 1.42. The van der Waals surface area contributed by atoms with Crippen molar-refractivity contribution in [2.45, 2.75) is 26.3 Å². The molecular weight excluding hydrogens is 420 g/mol. The molecule has 0 bridgehead atoms. The fourth-order valence-electron chi connectivity index (χ4n) is 2.69. The average molecular weight is 443 g/mol. The molecule has 0 aliphatic heterocycles. The van der Waals surface area contributed by atoms with Crippen molar-refractivity contribution in [2.24, 2.45) is 0 Å². The zero-order valence-electron chi connectivity index (χ0n) is 16.6. The van der Waals surface area contributed by atoms with Crippen molar-refractivity contribution in [3.8, 4) is 17.1 Å². The summed E-state index contributed by atoms with van der Waals surface area (Å²) >= 11 is 11.1. The lowest BCUT2D eigenvalue weighted by molar-refractivity contribution is 0.0976. The van der Waals surface area contributed by atoms with Crippen molar-refractivity contribution in [2.75, 3.05) is 6.61 Å². The van der Waals surface area contributed by atoms with Crippen LogP contribution in [0.5, 0.6) is 5.75 Å². The zero-order chi connectivity index (χ0) is 21.3. The van der Waals surface area contributed by atoms with E-state index < -0.39 is 0 Å². The number of ether oxygens (including phenoxy) is 1. The van der Waals surface area contributed by atoms with Gasteiger partial charge in [0.15, 0.2) is 5.11 Å². The molecular formula is C23H23ClN2O3S. The highest BCUT2D eigenvalue weighted by Gasteiger charge is 2.10. The van der Waals surface area contributed by atoms with Crippen LogP contribution in [0.2, 0.25) is 5.02 Å². The van der Waals surface area contributed by atoms with Gasteiger partial charge < -0.3 is 14.5 Å². The average Bonchev–Trinajstić information content (AvgIpc) is 3.22. The Bertz CT molecular complexity index is 1000. The van der Waals surface area contributed by atoms with E-state index in [0.717, 1.165) is 24.2 Å². The number of halogens is 1. The minimum Gasteiger partial charge on any atom is -0.494 e. The van der Waals surface area contributed by atoms with E-state index in [2.05, 4.69) is 17.6 Å². The summed E-state index contributed by atoms with van der Waals surface area (Å²) in [5.74, 6) is 1.80. The van der Waals surface area contributed by atoms with Gasteiger partial charge in [0.1, 0.15) is 17.3 Å². The van der Waals surface area contributed by atoms with Gasteiger partial charge in [0.2, 0.25) is 0 Å². The van der Waals surface area contributed by atoms with Crippen LogP contribution in [0.1, 0.15) is 35.9 Å². The van der Waals surface area contributed by atoms with Crippen LogP contribution in [0, 0.1) is 0 Å². The van der Waals surface area contributed by atoms with Crippen LogP contribution < -0.4 is 15.4 Å². The maximum atomic E-state index is 12.4. The lowest BCUT2D eigenvalue weighted by Crippen LogP contribution is -2.38. The Labute approximate surface area is 186 Å². The maximum Gasteiger partial charge on any atom is 0.257 e. The number of hydrogen-bond acceptors (Lipinski definition) is 4. The second-order valence-electron chi connectivity index (χ2n) is 6.64. The number of nitrogens with one attached hydrogen (secondary N) is 2. The number of carbonyl (C=O) groups excluding carboxylic acids is 1.